The molecule has 122 valence electrons. The van der Waals surface area contributed by atoms with Crippen LogP contribution in [0.3, 0.4) is 0 Å². The number of hydrogen-bond donors (Lipinski definition) is 3. The van der Waals surface area contributed by atoms with Crippen molar-refractivity contribution >= 4 is 5.78 Å². The fourth-order valence-corrected chi connectivity index (χ4v) is 5.58. The second kappa shape index (κ2) is 3.88. The quantitative estimate of drug-likeness (QED) is 0.609. The van der Waals surface area contributed by atoms with Gasteiger partial charge in [0.2, 0.25) is 0 Å². The minimum Gasteiger partial charge on any atom is -0.504 e. The average Bonchev–Trinajstić information content (AvgIpc) is 2.86. The molecule has 0 aromatic heterocycles. The number of carbonyl (C=O) groups is 1. The molecule has 1 spiro atoms. The van der Waals surface area contributed by atoms with Crippen molar-refractivity contribution in [3.63, 3.8) is 0 Å². The molecule has 5 atom stereocenters. The number of aliphatic hydroxyl groups is 2. The number of Topliss-reactive ketones (excluding diaryl/α,β-unsaturated/α-hetero) is 1. The summed E-state index contributed by atoms with van der Waals surface area (Å²) in [6, 6.07) is 3.16. The summed E-state index contributed by atoms with van der Waals surface area (Å²) in [6.45, 7) is 0.710. The highest BCUT2D eigenvalue weighted by atomic mass is 16.5. The van der Waals surface area contributed by atoms with Crippen LogP contribution in [0.15, 0.2) is 12.1 Å². The molecule has 6 nitrogen and oxygen atoms in total. The van der Waals surface area contributed by atoms with Gasteiger partial charge in [-0.15, -0.1) is 0 Å². The van der Waals surface area contributed by atoms with Crippen molar-refractivity contribution in [3.05, 3.63) is 23.3 Å². The highest BCUT2D eigenvalue weighted by Crippen LogP contribution is 2.64. The van der Waals surface area contributed by atoms with Crippen LogP contribution in [0.2, 0.25) is 0 Å². The number of likely N-dealkylation sites (tertiary alicyclic amines) is 1. The van der Waals surface area contributed by atoms with E-state index in [2.05, 4.69) is 4.90 Å². The molecule has 6 heteroatoms. The molecule has 23 heavy (non-hydrogen) atoms. The Hall–Kier alpha value is -1.63. The monoisotopic (exact) mass is 317 g/mol. The lowest BCUT2D eigenvalue weighted by atomic mass is 9.48. The molecule has 2 heterocycles. The Kier molecular flexibility index (Phi) is 2.33. The summed E-state index contributed by atoms with van der Waals surface area (Å²) in [5.74, 6) is 0.111. The maximum Gasteiger partial charge on any atom is 0.177 e. The molecule has 3 N–H and O–H groups in total. The van der Waals surface area contributed by atoms with Crippen LogP contribution in [0, 0.1) is 0 Å². The smallest absolute Gasteiger partial charge is 0.177 e. The summed E-state index contributed by atoms with van der Waals surface area (Å²) in [7, 11) is 1.94. The van der Waals surface area contributed by atoms with Gasteiger partial charge in [-0.2, -0.15) is 0 Å². The maximum absolute atomic E-state index is 12.6. The van der Waals surface area contributed by atoms with Crippen LogP contribution in [-0.4, -0.2) is 63.4 Å². The van der Waals surface area contributed by atoms with E-state index in [1.807, 2.05) is 13.1 Å². The second-order valence-electron chi connectivity index (χ2n) is 7.38. The maximum atomic E-state index is 12.6. The Balaban J connectivity index is 1.89. The minimum atomic E-state index is -1.44. The minimum absolute atomic E-state index is 0.00505. The number of benzene rings is 1. The molecule has 5 rings (SSSR count). The fourth-order valence-electron chi connectivity index (χ4n) is 5.58. The van der Waals surface area contributed by atoms with Crippen molar-refractivity contribution in [2.75, 3.05) is 13.6 Å². The molecule has 4 aliphatic rings. The number of hydrogen-bond acceptors (Lipinski definition) is 6. The molecule has 1 saturated carbocycles. The zero-order chi connectivity index (χ0) is 16.1. The molecule has 0 amide bonds. The standard InChI is InChI=1S/C17H19NO5/c1-18-5-4-16-13-8-2-3-9(19)14(13)23-15(16)10(20)7-12(21)17(16,22)11(18)6-8/h2-3,11-12,15,19,21-22H,4-7H2,1H3/t11-,12+,15+,16+,17?/m1/s1. The topological polar surface area (TPSA) is 90.2 Å². The number of ketones is 1. The van der Waals surface area contributed by atoms with Crippen molar-refractivity contribution in [1.82, 2.24) is 4.90 Å². The third-order valence-electron chi connectivity index (χ3n) is 6.57. The zero-order valence-corrected chi connectivity index (χ0v) is 12.8. The number of ether oxygens (including phenoxy) is 1. The molecular weight excluding hydrogens is 298 g/mol. The molecule has 0 radical (unpaired) electrons. The van der Waals surface area contributed by atoms with Crippen LogP contribution in [0.5, 0.6) is 11.5 Å². The van der Waals surface area contributed by atoms with Gasteiger partial charge in [-0.05, 0) is 38.1 Å². The summed E-state index contributed by atoms with van der Waals surface area (Å²) in [6.07, 6.45) is -0.970. The zero-order valence-electron chi connectivity index (χ0n) is 12.8. The van der Waals surface area contributed by atoms with Gasteiger partial charge in [0.1, 0.15) is 5.60 Å². The number of phenolic OH excluding ortho intramolecular Hbond substituents is 1. The van der Waals surface area contributed by atoms with Gasteiger partial charge in [-0.3, -0.25) is 4.79 Å². The Morgan fingerprint density at radius 1 is 1.35 bits per heavy atom. The van der Waals surface area contributed by atoms with Gasteiger partial charge in [-0.1, -0.05) is 6.07 Å². The molecule has 1 unspecified atom stereocenters. The Morgan fingerprint density at radius 2 is 2.13 bits per heavy atom. The van der Waals surface area contributed by atoms with E-state index in [-0.39, 0.29) is 24.0 Å². The lowest BCUT2D eigenvalue weighted by molar-refractivity contribution is -0.226. The summed E-state index contributed by atoms with van der Waals surface area (Å²) in [5, 5.41) is 32.5. The largest absolute Gasteiger partial charge is 0.504 e. The SMILES string of the molecule is CN1CC[C@]23c4c5ccc(O)c4O[C@H]2C(=O)C[C@H](O)C3(O)[C@H]1C5. The van der Waals surface area contributed by atoms with Crippen molar-refractivity contribution < 1.29 is 24.9 Å². The van der Waals surface area contributed by atoms with Crippen LogP contribution in [0.25, 0.3) is 0 Å². The van der Waals surface area contributed by atoms with Gasteiger partial charge >= 0.3 is 0 Å². The number of rotatable bonds is 0. The predicted octanol–water partition coefficient (Wildman–Crippen LogP) is -0.284. The molecule has 2 aliphatic heterocycles. The number of aliphatic hydroxyl groups excluding tert-OH is 1. The molecular formula is C17H19NO5. The molecule has 1 aromatic carbocycles. The van der Waals surface area contributed by atoms with E-state index in [0.717, 1.165) is 11.1 Å². The van der Waals surface area contributed by atoms with Crippen molar-refractivity contribution in [1.29, 1.82) is 0 Å². The number of likely N-dealkylation sites (N-methyl/N-ethyl adjacent to an activating group) is 1. The first-order chi connectivity index (χ1) is 10.9. The van der Waals surface area contributed by atoms with Crippen LogP contribution in [0.1, 0.15) is 24.0 Å². The lowest BCUT2D eigenvalue weighted by Gasteiger charge is -2.63. The van der Waals surface area contributed by atoms with Crippen molar-refractivity contribution in [3.8, 4) is 11.5 Å². The van der Waals surface area contributed by atoms with Crippen LogP contribution in [-0.2, 0) is 16.6 Å². The number of carbonyl (C=O) groups excluding carboxylic acids is 1. The summed E-state index contributed by atoms with van der Waals surface area (Å²) in [5.41, 5.74) is -0.671. The van der Waals surface area contributed by atoms with Crippen LogP contribution >= 0.6 is 0 Å². The van der Waals surface area contributed by atoms with E-state index < -0.39 is 23.2 Å². The number of phenols is 1. The van der Waals surface area contributed by atoms with E-state index in [9.17, 15) is 20.1 Å². The van der Waals surface area contributed by atoms with E-state index in [0.29, 0.717) is 25.1 Å². The van der Waals surface area contributed by atoms with Gasteiger partial charge < -0.3 is 25.0 Å². The molecule has 1 saturated heterocycles. The third-order valence-corrected chi connectivity index (χ3v) is 6.57. The third kappa shape index (κ3) is 1.24. The number of aromatic hydroxyl groups is 1. The summed E-state index contributed by atoms with van der Waals surface area (Å²) in [4.78, 5) is 14.6. The van der Waals surface area contributed by atoms with Crippen LogP contribution < -0.4 is 4.74 Å². The highest BCUT2D eigenvalue weighted by Gasteiger charge is 2.75. The fraction of sp³-hybridized carbons (Fsp3) is 0.588. The first-order valence-corrected chi connectivity index (χ1v) is 8.06. The first kappa shape index (κ1) is 13.8. The number of piperidine rings is 1. The first-order valence-electron chi connectivity index (χ1n) is 8.06. The molecule has 1 aromatic rings. The van der Waals surface area contributed by atoms with Crippen molar-refractivity contribution in [2.45, 2.75) is 48.5 Å². The molecule has 2 aliphatic carbocycles. The Bertz CT molecular complexity index is 749. The summed E-state index contributed by atoms with van der Waals surface area (Å²) >= 11 is 0. The average molecular weight is 317 g/mol. The summed E-state index contributed by atoms with van der Waals surface area (Å²) < 4.78 is 5.88. The normalized spacial score (nSPS) is 44.0. The molecule has 2 fully saturated rings. The van der Waals surface area contributed by atoms with Gasteiger partial charge in [0, 0.05) is 18.0 Å². The number of nitrogens with zero attached hydrogens (tertiary/aromatic N) is 1. The van der Waals surface area contributed by atoms with E-state index in [1.165, 1.54) is 0 Å². The Morgan fingerprint density at radius 3 is 2.91 bits per heavy atom. The Labute approximate surface area is 133 Å². The highest BCUT2D eigenvalue weighted by molar-refractivity contribution is 5.90. The second-order valence-corrected chi connectivity index (χ2v) is 7.38. The van der Waals surface area contributed by atoms with Crippen molar-refractivity contribution in [2.24, 2.45) is 0 Å². The van der Waals surface area contributed by atoms with E-state index in [4.69, 9.17) is 4.74 Å². The van der Waals surface area contributed by atoms with Gasteiger partial charge in [0.25, 0.3) is 0 Å². The van der Waals surface area contributed by atoms with Crippen LogP contribution in [0.4, 0.5) is 0 Å². The van der Waals surface area contributed by atoms with Gasteiger partial charge in [0.15, 0.2) is 23.4 Å². The lowest BCUT2D eigenvalue weighted by Crippen LogP contribution is -2.80. The predicted molar refractivity (Wildman–Crippen MR) is 79.5 cm³/mol. The van der Waals surface area contributed by atoms with E-state index >= 15 is 0 Å². The van der Waals surface area contributed by atoms with Gasteiger partial charge in [-0.25, -0.2) is 0 Å². The van der Waals surface area contributed by atoms with Gasteiger partial charge in [0.05, 0.1) is 11.5 Å². The molecule has 2 bridgehead atoms. The van der Waals surface area contributed by atoms with E-state index in [1.54, 1.807) is 6.07 Å².